The predicted molar refractivity (Wildman–Crippen MR) is 98.3 cm³/mol. The molecule has 0 aliphatic rings. The lowest BCUT2D eigenvalue weighted by Crippen LogP contribution is -2.44. The van der Waals surface area contributed by atoms with E-state index in [4.69, 9.17) is 9.47 Å². The summed E-state index contributed by atoms with van der Waals surface area (Å²) in [5.74, 6) is -0.393. The van der Waals surface area contributed by atoms with Crippen molar-refractivity contribution in [1.82, 2.24) is 21.3 Å². The third-order valence-electron chi connectivity index (χ3n) is 2.84. The number of amides is 2. The Morgan fingerprint density at radius 2 is 1.20 bits per heavy atom. The average Bonchev–Trinajstić information content (AvgIpc) is 2.44. The van der Waals surface area contributed by atoms with Gasteiger partial charge in [-0.1, -0.05) is 0 Å². The lowest BCUT2D eigenvalue weighted by molar-refractivity contribution is -0.126. The Morgan fingerprint density at radius 3 is 1.72 bits per heavy atom. The Bertz CT molecular complexity index is 389. The number of rotatable bonds is 12. The van der Waals surface area contributed by atoms with Crippen LogP contribution in [-0.2, 0) is 19.1 Å². The first kappa shape index (κ1) is 23.8. The molecule has 0 unspecified atom stereocenters. The minimum atomic E-state index is -0.197. The molecule has 0 saturated carbocycles. The maximum Gasteiger partial charge on any atom is 0.246 e. The van der Waals surface area contributed by atoms with Crippen molar-refractivity contribution in [2.75, 3.05) is 46.2 Å². The van der Waals surface area contributed by atoms with Crippen molar-refractivity contribution in [3.8, 4) is 0 Å². The molecule has 8 heteroatoms. The summed E-state index contributed by atoms with van der Waals surface area (Å²) >= 11 is 0. The fraction of sp³-hybridized carbons (Fsp3) is 0.882. The summed E-state index contributed by atoms with van der Waals surface area (Å²) in [5, 5.41) is 11.8. The number of carbonyl (C=O) groups is 2. The largest absolute Gasteiger partial charge is 0.370 e. The van der Waals surface area contributed by atoms with E-state index >= 15 is 0 Å². The van der Waals surface area contributed by atoms with E-state index < -0.39 is 0 Å². The molecule has 0 spiro atoms. The van der Waals surface area contributed by atoms with E-state index in [-0.39, 0.29) is 42.7 Å². The van der Waals surface area contributed by atoms with Gasteiger partial charge in [-0.2, -0.15) is 0 Å². The average molecular weight is 360 g/mol. The highest BCUT2D eigenvalue weighted by atomic mass is 16.5. The minimum absolute atomic E-state index is 0.0186. The van der Waals surface area contributed by atoms with Gasteiger partial charge in [0.2, 0.25) is 11.8 Å². The van der Waals surface area contributed by atoms with Crippen LogP contribution in [0, 0.1) is 0 Å². The zero-order chi connectivity index (χ0) is 19.3. The van der Waals surface area contributed by atoms with E-state index in [2.05, 4.69) is 42.0 Å². The Morgan fingerprint density at radius 1 is 0.720 bits per heavy atom. The maximum absolute atomic E-state index is 11.5. The molecule has 2 amide bonds. The molecule has 0 aromatic rings. The van der Waals surface area contributed by atoms with E-state index in [0.29, 0.717) is 26.4 Å². The van der Waals surface area contributed by atoms with Crippen LogP contribution < -0.4 is 21.3 Å². The molecule has 0 rings (SSSR count). The fourth-order valence-corrected chi connectivity index (χ4v) is 1.60. The molecule has 0 aliphatic carbocycles. The van der Waals surface area contributed by atoms with Crippen LogP contribution in [0.5, 0.6) is 0 Å². The normalized spacial score (nSPS) is 12.1. The van der Waals surface area contributed by atoms with Gasteiger partial charge >= 0.3 is 0 Å². The molecular formula is C17H36N4O4. The van der Waals surface area contributed by atoms with Crippen LogP contribution in [-0.4, -0.2) is 69.1 Å². The first-order chi connectivity index (χ1) is 11.5. The number of nitrogens with one attached hydrogen (secondary N) is 4. The van der Waals surface area contributed by atoms with Gasteiger partial charge in [-0.15, -0.1) is 0 Å². The van der Waals surface area contributed by atoms with Crippen LogP contribution in [0.25, 0.3) is 0 Å². The summed E-state index contributed by atoms with van der Waals surface area (Å²) in [6.45, 7) is 14.4. The second kappa shape index (κ2) is 12.2. The highest BCUT2D eigenvalue weighted by Gasteiger charge is 2.09. The summed E-state index contributed by atoms with van der Waals surface area (Å²) in [6.07, 6.45) is 0. The zero-order valence-electron chi connectivity index (χ0n) is 16.6. The molecule has 25 heavy (non-hydrogen) atoms. The molecule has 0 aliphatic heterocycles. The molecule has 148 valence electrons. The summed E-state index contributed by atoms with van der Waals surface area (Å²) in [5.41, 5.74) is -0.0125. The standard InChI is InChI=1S/C17H36N4O4/c1-16(2,3)20-8-10-25-11-14(22)18-7-9-24-12-15(23)19-13-21-17(4,5)6/h20-21H,7-13H2,1-6H3,(H,18,22)(H,19,23). The van der Waals surface area contributed by atoms with Gasteiger partial charge in [0.1, 0.15) is 13.2 Å². The van der Waals surface area contributed by atoms with Crippen LogP contribution >= 0.6 is 0 Å². The van der Waals surface area contributed by atoms with E-state index in [1.54, 1.807) is 0 Å². The van der Waals surface area contributed by atoms with Gasteiger partial charge < -0.3 is 25.4 Å². The van der Waals surface area contributed by atoms with Crippen molar-refractivity contribution in [1.29, 1.82) is 0 Å². The second-order valence-corrected chi connectivity index (χ2v) is 7.84. The number of hydrogen-bond acceptors (Lipinski definition) is 6. The topological polar surface area (TPSA) is 101 Å². The molecule has 8 nitrogen and oxygen atoms in total. The Kier molecular flexibility index (Phi) is 11.6. The van der Waals surface area contributed by atoms with Crippen LogP contribution in [0.4, 0.5) is 0 Å². The van der Waals surface area contributed by atoms with Crippen molar-refractivity contribution in [2.45, 2.75) is 52.6 Å². The van der Waals surface area contributed by atoms with Crippen molar-refractivity contribution < 1.29 is 19.1 Å². The fourth-order valence-electron chi connectivity index (χ4n) is 1.60. The quantitative estimate of drug-likeness (QED) is 0.288. The van der Waals surface area contributed by atoms with Crippen molar-refractivity contribution in [2.24, 2.45) is 0 Å². The van der Waals surface area contributed by atoms with Crippen LogP contribution in [0.15, 0.2) is 0 Å². The van der Waals surface area contributed by atoms with Crippen molar-refractivity contribution >= 4 is 11.8 Å². The minimum Gasteiger partial charge on any atom is -0.370 e. The molecule has 0 heterocycles. The first-order valence-corrected chi connectivity index (χ1v) is 8.68. The summed E-state index contributed by atoms with van der Waals surface area (Å²) in [6, 6.07) is 0. The van der Waals surface area contributed by atoms with Gasteiger partial charge in [-0.25, -0.2) is 0 Å². The molecule has 0 aromatic heterocycles. The molecule has 0 radical (unpaired) electrons. The monoisotopic (exact) mass is 360 g/mol. The lowest BCUT2D eigenvalue weighted by Gasteiger charge is -2.20. The smallest absolute Gasteiger partial charge is 0.246 e. The summed E-state index contributed by atoms with van der Waals surface area (Å²) < 4.78 is 10.5. The summed E-state index contributed by atoms with van der Waals surface area (Å²) in [4.78, 5) is 23.0. The number of ether oxygens (including phenoxy) is 2. The highest BCUT2D eigenvalue weighted by molar-refractivity contribution is 5.77. The Balaban J connectivity index is 3.46. The van der Waals surface area contributed by atoms with Gasteiger partial charge in [0.25, 0.3) is 0 Å². The number of carbonyl (C=O) groups excluding carboxylic acids is 2. The SMILES string of the molecule is CC(C)(C)NCCOCC(=O)NCCOCC(=O)NCNC(C)(C)C. The van der Waals surface area contributed by atoms with Gasteiger partial charge in [-0.3, -0.25) is 14.9 Å². The van der Waals surface area contributed by atoms with Gasteiger partial charge in [0.05, 0.1) is 19.9 Å². The van der Waals surface area contributed by atoms with Crippen molar-refractivity contribution in [3.05, 3.63) is 0 Å². The lowest BCUT2D eigenvalue weighted by atomic mass is 10.1. The molecule has 0 bridgehead atoms. The Hall–Kier alpha value is -1.22. The van der Waals surface area contributed by atoms with Crippen molar-refractivity contribution in [3.63, 3.8) is 0 Å². The van der Waals surface area contributed by atoms with Gasteiger partial charge in [-0.05, 0) is 41.5 Å². The molecule has 4 N–H and O–H groups in total. The third kappa shape index (κ3) is 19.0. The van der Waals surface area contributed by atoms with Crippen LogP contribution in [0.2, 0.25) is 0 Å². The third-order valence-corrected chi connectivity index (χ3v) is 2.84. The van der Waals surface area contributed by atoms with Crippen LogP contribution in [0.3, 0.4) is 0 Å². The molecular weight excluding hydrogens is 324 g/mol. The maximum atomic E-state index is 11.5. The molecule has 0 saturated heterocycles. The molecule has 0 fully saturated rings. The molecule has 0 aromatic carbocycles. The van der Waals surface area contributed by atoms with Gasteiger partial charge in [0, 0.05) is 24.2 Å². The van der Waals surface area contributed by atoms with E-state index in [0.717, 1.165) is 0 Å². The highest BCUT2D eigenvalue weighted by Crippen LogP contribution is 1.97. The number of hydrogen-bond donors (Lipinski definition) is 4. The predicted octanol–water partition coefficient (Wildman–Crippen LogP) is -0.0143. The van der Waals surface area contributed by atoms with E-state index in [1.165, 1.54) is 0 Å². The second-order valence-electron chi connectivity index (χ2n) is 7.84. The zero-order valence-corrected chi connectivity index (χ0v) is 16.6. The van der Waals surface area contributed by atoms with Gasteiger partial charge in [0.15, 0.2) is 0 Å². The first-order valence-electron chi connectivity index (χ1n) is 8.68. The van der Waals surface area contributed by atoms with E-state index in [1.807, 2.05) is 20.8 Å². The Labute approximate surface area is 151 Å². The van der Waals surface area contributed by atoms with Crippen LogP contribution in [0.1, 0.15) is 41.5 Å². The molecule has 0 atom stereocenters. The van der Waals surface area contributed by atoms with E-state index in [9.17, 15) is 9.59 Å². The summed E-state index contributed by atoms with van der Waals surface area (Å²) in [7, 11) is 0.